The van der Waals surface area contributed by atoms with Crippen LogP contribution in [-0.2, 0) is 19.1 Å². The van der Waals surface area contributed by atoms with E-state index in [9.17, 15) is 13.2 Å². The molecular formula is C7H13KO4S. The van der Waals surface area contributed by atoms with Crippen molar-refractivity contribution < 1.29 is 70.2 Å². The van der Waals surface area contributed by atoms with Crippen LogP contribution >= 0.6 is 0 Å². The van der Waals surface area contributed by atoms with Crippen LogP contribution in [0.1, 0.15) is 21.7 Å². The quantitative estimate of drug-likeness (QED) is 0.318. The molecule has 13 heavy (non-hydrogen) atoms. The summed E-state index contributed by atoms with van der Waals surface area (Å²) in [5, 5.41) is 0. The van der Waals surface area contributed by atoms with Crippen LogP contribution in [0.5, 0.6) is 0 Å². The fourth-order valence-corrected chi connectivity index (χ4v) is 1.43. The summed E-state index contributed by atoms with van der Waals surface area (Å²) in [5.74, 6) is -1.03. The Balaban J connectivity index is -0.000000605. The van der Waals surface area contributed by atoms with Crippen molar-refractivity contribution in [2.24, 2.45) is 0 Å². The van der Waals surface area contributed by atoms with Gasteiger partial charge in [0.25, 0.3) is 0 Å². The summed E-state index contributed by atoms with van der Waals surface area (Å²) in [6.45, 7) is 6.34. The molecule has 0 amide bonds. The minimum atomic E-state index is -3.69. The van der Waals surface area contributed by atoms with Gasteiger partial charge in [-0.2, -0.15) is 8.42 Å². The maximum atomic E-state index is 10.9. The smallest absolute Gasteiger partial charge is 1.00 e. The zero-order chi connectivity index (χ0) is 9.78. The first kappa shape index (κ1) is 16.2. The number of hydrogen-bond donors (Lipinski definition) is 0. The van der Waals surface area contributed by atoms with Gasteiger partial charge in [0.2, 0.25) is 0 Å². The Morgan fingerprint density at radius 1 is 1.54 bits per heavy atom. The van der Waals surface area contributed by atoms with Gasteiger partial charge in [-0.05, 0) is 13.3 Å². The van der Waals surface area contributed by atoms with E-state index in [4.69, 9.17) is 0 Å². The van der Waals surface area contributed by atoms with Crippen molar-refractivity contribution in [3.05, 3.63) is 12.2 Å². The first-order chi connectivity index (χ1) is 5.39. The Kier molecular flexibility index (Phi) is 8.91. The summed E-state index contributed by atoms with van der Waals surface area (Å²) >= 11 is 0. The van der Waals surface area contributed by atoms with E-state index in [0.717, 1.165) is 0 Å². The van der Waals surface area contributed by atoms with E-state index in [1.807, 2.05) is 0 Å². The minimum absolute atomic E-state index is 0. The first-order valence-electron chi connectivity index (χ1n) is 3.51. The van der Waals surface area contributed by atoms with Crippen LogP contribution in [0, 0.1) is 0 Å². The van der Waals surface area contributed by atoms with Crippen molar-refractivity contribution in [3.63, 3.8) is 0 Å². The molecule has 0 aromatic rings. The Bertz CT molecular complexity index is 286. The van der Waals surface area contributed by atoms with Gasteiger partial charge in [0.1, 0.15) is 0 Å². The summed E-state index contributed by atoms with van der Waals surface area (Å²) in [6, 6.07) is 0. The maximum absolute atomic E-state index is 10.9. The SMILES string of the molecule is C=C(C)C(=O)OS(=O)(=O)CCC.[H-].[K+]. The normalized spacial score (nSPS) is 10.0. The Hall–Kier alpha value is 0.796. The average Bonchev–Trinajstić information content (AvgIpc) is 1.85. The topological polar surface area (TPSA) is 60.4 Å². The molecule has 0 aliphatic carbocycles. The molecule has 0 saturated carbocycles. The van der Waals surface area contributed by atoms with Crippen molar-refractivity contribution in [2.45, 2.75) is 20.3 Å². The molecule has 0 radical (unpaired) electrons. The molecular weight excluding hydrogens is 219 g/mol. The van der Waals surface area contributed by atoms with Gasteiger partial charge in [0.05, 0.1) is 5.75 Å². The third-order valence-electron chi connectivity index (χ3n) is 1.01. The molecule has 0 unspecified atom stereocenters. The number of hydrogen-bond acceptors (Lipinski definition) is 4. The Morgan fingerprint density at radius 3 is 2.31 bits per heavy atom. The van der Waals surface area contributed by atoms with Gasteiger partial charge >= 0.3 is 67.5 Å². The molecule has 0 aromatic heterocycles. The zero-order valence-electron chi connectivity index (χ0n) is 9.16. The monoisotopic (exact) mass is 232 g/mol. The van der Waals surface area contributed by atoms with Crippen LogP contribution in [0.4, 0.5) is 0 Å². The van der Waals surface area contributed by atoms with Crippen molar-refractivity contribution in [2.75, 3.05) is 5.75 Å². The summed E-state index contributed by atoms with van der Waals surface area (Å²) in [7, 11) is -3.69. The van der Waals surface area contributed by atoms with Crippen LogP contribution in [0.2, 0.25) is 0 Å². The zero-order valence-corrected chi connectivity index (χ0v) is 12.1. The van der Waals surface area contributed by atoms with Gasteiger partial charge in [-0.1, -0.05) is 13.5 Å². The fraction of sp³-hybridized carbons (Fsp3) is 0.571. The molecule has 0 spiro atoms. The molecule has 0 aliphatic heterocycles. The second-order valence-corrected chi connectivity index (χ2v) is 4.10. The van der Waals surface area contributed by atoms with Crippen LogP contribution in [0.3, 0.4) is 0 Å². The van der Waals surface area contributed by atoms with E-state index in [1.165, 1.54) is 6.92 Å². The third kappa shape index (κ3) is 7.84. The van der Waals surface area contributed by atoms with Crippen molar-refractivity contribution in [1.82, 2.24) is 0 Å². The summed E-state index contributed by atoms with van der Waals surface area (Å²) in [4.78, 5) is 10.7. The second-order valence-electron chi connectivity index (χ2n) is 2.41. The van der Waals surface area contributed by atoms with Crippen molar-refractivity contribution in [3.8, 4) is 0 Å². The number of rotatable bonds is 4. The molecule has 0 aromatic carbocycles. The molecule has 0 bridgehead atoms. The van der Waals surface area contributed by atoms with Gasteiger partial charge in [-0.15, -0.1) is 0 Å². The molecule has 0 heterocycles. The Morgan fingerprint density at radius 2 is 2.00 bits per heavy atom. The summed E-state index contributed by atoms with van der Waals surface area (Å²) in [5.41, 5.74) is 0.0784. The van der Waals surface area contributed by atoms with E-state index in [-0.39, 0.29) is 64.1 Å². The molecule has 0 fully saturated rings. The van der Waals surface area contributed by atoms with Gasteiger partial charge in [-0.3, -0.25) is 0 Å². The van der Waals surface area contributed by atoms with E-state index in [0.29, 0.717) is 6.42 Å². The summed E-state index contributed by atoms with van der Waals surface area (Å²) in [6.07, 6.45) is 0.422. The third-order valence-corrected chi connectivity index (χ3v) is 2.32. The van der Waals surface area contributed by atoms with Crippen LogP contribution in [0.15, 0.2) is 12.2 Å². The molecule has 0 aliphatic rings. The predicted octanol–water partition coefficient (Wildman–Crippen LogP) is -2.04. The minimum Gasteiger partial charge on any atom is -1.00 e. The van der Waals surface area contributed by atoms with Crippen LogP contribution in [0.25, 0.3) is 0 Å². The maximum Gasteiger partial charge on any atom is 1.00 e. The van der Waals surface area contributed by atoms with E-state index in [1.54, 1.807) is 6.92 Å². The van der Waals surface area contributed by atoms with Gasteiger partial charge in [0.15, 0.2) is 0 Å². The Labute approximate surface area is 123 Å². The second kappa shape index (κ2) is 7.14. The van der Waals surface area contributed by atoms with E-state index < -0.39 is 16.1 Å². The average molecular weight is 232 g/mol. The molecule has 6 heteroatoms. The molecule has 72 valence electrons. The van der Waals surface area contributed by atoms with Crippen molar-refractivity contribution in [1.29, 1.82) is 0 Å². The van der Waals surface area contributed by atoms with Crippen LogP contribution in [-0.4, -0.2) is 20.1 Å². The predicted molar refractivity (Wildman–Crippen MR) is 46.1 cm³/mol. The molecule has 0 rings (SSSR count). The van der Waals surface area contributed by atoms with Crippen LogP contribution < -0.4 is 51.4 Å². The fourth-order valence-electron chi connectivity index (χ4n) is 0.478. The molecule has 0 N–H and O–H groups in total. The number of carbonyl (C=O) groups excluding carboxylic acids is 1. The van der Waals surface area contributed by atoms with E-state index >= 15 is 0 Å². The largest absolute Gasteiger partial charge is 1.00 e. The molecule has 0 saturated heterocycles. The van der Waals surface area contributed by atoms with Gasteiger partial charge < -0.3 is 5.61 Å². The molecule has 4 nitrogen and oxygen atoms in total. The van der Waals surface area contributed by atoms with Gasteiger partial charge in [-0.25, -0.2) is 4.79 Å². The summed E-state index contributed by atoms with van der Waals surface area (Å²) < 4.78 is 25.9. The number of carbonyl (C=O) groups is 1. The van der Waals surface area contributed by atoms with Crippen molar-refractivity contribution >= 4 is 16.1 Å². The molecule has 0 atom stereocenters. The standard InChI is InChI=1S/C7H12O4S.K.H/c1-4-5-12(9,10)11-7(8)6(2)3;;/h2,4-5H2,1,3H3;;/q;+1;-1. The van der Waals surface area contributed by atoms with E-state index in [2.05, 4.69) is 10.8 Å². The van der Waals surface area contributed by atoms with Gasteiger partial charge in [0, 0.05) is 5.57 Å². The first-order valence-corrected chi connectivity index (χ1v) is 5.08.